The van der Waals surface area contributed by atoms with E-state index in [-0.39, 0.29) is 17.4 Å². The van der Waals surface area contributed by atoms with Crippen LogP contribution in [0.1, 0.15) is 48.4 Å². The second kappa shape index (κ2) is 16.1. The molecule has 8 nitrogen and oxygen atoms in total. The van der Waals surface area contributed by atoms with Gasteiger partial charge in [0.05, 0.1) is 11.1 Å². The summed E-state index contributed by atoms with van der Waals surface area (Å²) >= 11 is 0. The SMILES string of the molecule is C1CNCCN1.CN(C)C(C)(C)C(=O)c1ccc(F)cc1.CN(C)C(C)(C)C(=O)c1ccc(N2CCNCC2)cc1. The third-order valence-corrected chi connectivity index (χ3v) is 8.02. The summed E-state index contributed by atoms with van der Waals surface area (Å²) in [4.78, 5) is 30.7. The van der Waals surface area contributed by atoms with E-state index in [1.165, 1.54) is 30.0 Å². The molecule has 4 rings (SSSR count). The molecule has 0 aromatic heterocycles. The Balaban J connectivity index is 0.000000245. The van der Waals surface area contributed by atoms with Crippen molar-refractivity contribution in [2.45, 2.75) is 38.8 Å². The standard InChI is InChI=1S/C16H25N3O.C12H16FNO.C4H10N2/c1-16(2,18(3)4)15(20)13-5-7-14(8-6-13)19-11-9-17-10-12-19;1-12(2,14(3)4)11(15)9-5-7-10(13)8-6-9;1-2-6-4-3-5-1/h5-8,17H,9-12H2,1-4H3;5-8H,1-4H3;5-6H,1-4H2. The van der Waals surface area contributed by atoms with Crippen LogP contribution in [0.25, 0.3) is 0 Å². The lowest BCUT2D eigenvalue weighted by Gasteiger charge is -2.31. The average molecular weight is 571 g/mol. The number of carbonyl (C=O) groups is 2. The number of hydrogen-bond donors (Lipinski definition) is 3. The molecule has 2 aromatic rings. The minimum absolute atomic E-state index is 0.00694. The molecule has 9 heteroatoms. The van der Waals surface area contributed by atoms with Gasteiger partial charge in [-0.1, -0.05) is 0 Å². The van der Waals surface area contributed by atoms with Gasteiger partial charge in [0.15, 0.2) is 11.6 Å². The fraction of sp³-hybridized carbons (Fsp3) is 0.562. The molecule has 2 fully saturated rings. The van der Waals surface area contributed by atoms with Gasteiger partial charge in [0, 0.05) is 69.2 Å². The molecule has 2 heterocycles. The van der Waals surface area contributed by atoms with E-state index in [2.05, 4.69) is 33.0 Å². The van der Waals surface area contributed by atoms with Crippen LogP contribution in [0, 0.1) is 5.82 Å². The largest absolute Gasteiger partial charge is 0.369 e. The molecule has 41 heavy (non-hydrogen) atoms. The number of piperazine rings is 2. The maximum atomic E-state index is 12.7. The molecule has 2 aromatic carbocycles. The second-order valence-electron chi connectivity index (χ2n) is 11.9. The van der Waals surface area contributed by atoms with Gasteiger partial charge in [-0.3, -0.25) is 19.4 Å². The van der Waals surface area contributed by atoms with Crippen molar-refractivity contribution in [2.24, 2.45) is 0 Å². The van der Waals surface area contributed by atoms with Gasteiger partial charge in [-0.15, -0.1) is 0 Å². The summed E-state index contributed by atoms with van der Waals surface area (Å²) < 4.78 is 12.7. The predicted molar refractivity (Wildman–Crippen MR) is 168 cm³/mol. The molecule has 0 radical (unpaired) electrons. The van der Waals surface area contributed by atoms with Gasteiger partial charge in [0.25, 0.3) is 0 Å². The van der Waals surface area contributed by atoms with Crippen LogP contribution in [0.3, 0.4) is 0 Å². The fourth-order valence-electron chi connectivity index (χ4n) is 4.06. The van der Waals surface area contributed by atoms with E-state index in [1.54, 1.807) is 0 Å². The van der Waals surface area contributed by atoms with Crippen molar-refractivity contribution in [3.05, 3.63) is 65.5 Å². The highest BCUT2D eigenvalue weighted by molar-refractivity contribution is 6.03. The van der Waals surface area contributed by atoms with Crippen LogP contribution in [0.15, 0.2) is 48.5 Å². The summed E-state index contributed by atoms with van der Waals surface area (Å²) in [6.07, 6.45) is 0. The predicted octanol–water partition coefficient (Wildman–Crippen LogP) is 3.15. The Bertz CT molecular complexity index is 1060. The molecule has 2 aliphatic heterocycles. The second-order valence-corrected chi connectivity index (χ2v) is 11.9. The number of anilines is 1. The van der Waals surface area contributed by atoms with Crippen molar-refractivity contribution in [1.82, 2.24) is 25.8 Å². The Morgan fingerprint density at radius 3 is 1.32 bits per heavy atom. The Hall–Kier alpha value is -2.69. The highest BCUT2D eigenvalue weighted by Crippen LogP contribution is 2.21. The Morgan fingerprint density at radius 2 is 0.976 bits per heavy atom. The summed E-state index contributed by atoms with van der Waals surface area (Å²) in [7, 11) is 7.57. The van der Waals surface area contributed by atoms with E-state index in [9.17, 15) is 14.0 Å². The zero-order chi connectivity index (χ0) is 30.6. The number of carbonyl (C=O) groups excluding carboxylic acids is 2. The van der Waals surface area contributed by atoms with E-state index in [4.69, 9.17) is 0 Å². The van der Waals surface area contributed by atoms with Gasteiger partial charge in [0.1, 0.15) is 5.82 Å². The number of likely N-dealkylation sites (N-methyl/N-ethyl adjacent to an activating group) is 2. The summed E-state index contributed by atoms with van der Waals surface area (Å²) in [5.74, 6) is -0.170. The molecule has 2 aliphatic rings. The normalized spacial score (nSPS) is 15.9. The maximum Gasteiger partial charge on any atom is 0.182 e. The number of halogens is 1. The van der Waals surface area contributed by atoms with E-state index >= 15 is 0 Å². The van der Waals surface area contributed by atoms with Gasteiger partial charge < -0.3 is 20.9 Å². The lowest BCUT2D eigenvalue weighted by molar-refractivity contribution is 0.0750. The van der Waals surface area contributed by atoms with E-state index < -0.39 is 11.1 Å². The Labute approximate surface area is 246 Å². The van der Waals surface area contributed by atoms with Crippen LogP contribution in [-0.4, -0.2) is 113 Å². The molecule has 0 saturated carbocycles. The molecule has 2 saturated heterocycles. The molecular formula is C32H51FN6O2. The maximum absolute atomic E-state index is 12.7. The summed E-state index contributed by atoms with van der Waals surface area (Å²) in [6, 6.07) is 13.7. The molecule has 0 amide bonds. The molecule has 3 N–H and O–H groups in total. The fourth-order valence-corrected chi connectivity index (χ4v) is 4.06. The molecule has 0 aliphatic carbocycles. The topological polar surface area (TPSA) is 80.0 Å². The van der Waals surface area contributed by atoms with Crippen molar-refractivity contribution in [3.8, 4) is 0 Å². The third-order valence-electron chi connectivity index (χ3n) is 8.02. The van der Waals surface area contributed by atoms with E-state index in [0.717, 1.165) is 57.9 Å². The number of hydrogen-bond acceptors (Lipinski definition) is 8. The number of nitrogens with zero attached hydrogens (tertiary/aromatic N) is 3. The lowest BCUT2D eigenvalue weighted by atomic mass is 9.92. The first-order valence-corrected chi connectivity index (χ1v) is 14.5. The zero-order valence-electron chi connectivity index (χ0n) is 26.3. The van der Waals surface area contributed by atoms with Crippen LogP contribution in [-0.2, 0) is 0 Å². The number of benzene rings is 2. The van der Waals surface area contributed by atoms with Crippen molar-refractivity contribution in [3.63, 3.8) is 0 Å². The molecular weight excluding hydrogens is 519 g/mol. The van der Waals surface area contributed by atoms with Crippen LogP contribution in [0.4, 0.5) is 10.1 Å². The quantitative estimate of drug-likeness (QED) is 0.439. The van der Waals surface area contributed by atoms with Crippen LogP contribution >= 0.6 is 0 Å². The molecule has 0 bridgehead atoms. The summed E-state index contributed by atoms with van der Waals surface area (Å²) in [5.41, 5.74) is 1.47. The van der Waals surface area contributed by atoms with Gasteiger partial charge >= 0.3 is 0 Å². The van der Waals surface area contributed by atoms with Crippen molar-refractivity contribution >= 4 is 17.3 Å². The van der Waals surface area contributed by atoms with Crippen molar-refractivity contribution in [1.29, 1.82) is 0 Å². The minimum atomic E-state index is -0.572. The number of ketones is 2. The highest BCUT2D eigenvalue weighted by atomic mass is 19.1. The number of rotatable bonds is 7. The molecule has 0 atom stereocenters. The van der Waals surface area contributed by atoms with Gasteiger partial charge in [-0.25, -0.2) is 4.39 Å². The highest BCUT2D eigenvalue weighted by Gasteiger charge is 2.31. The Kier molecular flexibility index (Phi) is 13.5. The first-order chi connectivity index (χ1) is 19.3. The van der Waals surface area contributed by atoms with Crippen molar-refractivity contribution < 1.29 is 14.0 Å². The first-order valence-electron chi connectivity index (χ1n) is 14.5. The van der Waals surface area contributed by atoms with E-state index in [0.29, 0.717) is 5.56 Å². The summed E-state index contributed by atoms with van der Waals surface area (Å²) in [5, 5.41) is 9.79. The third kappa shape index (κ3) is 10.3. The zero-order valence-corrected chi connectivity index (χ0v) is 26.3. The van der Waals surface area contributed by atoms with Crippen LogP contribution < -0.4 is 20.9 Å². The van der Waals surface area contributed by atoms with Gasteiger partial charge in [-0.05, 0) is 104 Å². The summed E-state index contributed by atoms with van der Waals surface area (Å²) in [6.45, 7) is 16.3. The van der Waals surface area contributed by atoms with Gasteiger partial charge in [0.2, 0.25) is 0 Å². The Morgan fingerprint density at radius 1 is 0.634 bits per heavy atom. The van der Waals surface area contributed by atoms with Crippen LogP contribution in [0.2, 0.25) is 0 Å². The number of Topliss-reactive ketones (excluding diaryl/α,β-unsaturated/α-hetero) is 2. The first kappa shape index (κ1) is 34.5. The molecule has 0 unspecified atom stereocenters. The van der Waals surface area contributed by atoms with Crippen LogP contribution in [0.5, 0.6) is 0 Å². The molecule has 228 valence electrons. The minimum Gasteiger partial charge on any atom is -0.369 e. The average Bonchev–Trinajstić information content (AvgIpc) is 2.98. The smallest absolute Gasteiger partial charge is 0.182 e. The van der Waals surface area contributed by atoms with E-state index in [1.807, 2.05) is 77.8 Å². The lowest BCUT2D eigenvalue weighted by Crippen LogP contribution is -2.45. The van der Waals surface area contributed by atoms with Crippen molar-refractivity contribution in [2.75, 3.05) is 85.4 Å². The molecule has 0 spiro atoms. The number of nitrogens with one attached hydrogen (secondary N) is 3. The van der Waals surface area contributed by atoms with Gasteiger partial charge in [-0.2, -0.15) is 0 Å². The monoisotopic (exact) mass is 570 g/mol.